The van der Waals surface area contributed by atoms with Crippen LogP contribution in [-0.2, 0) is 9.84 Å². The van der Waals surface area contributed by atoms with Gasteiger partial charge in [-0.1, -0.05) is 36.4 Å². The molecule has 0 spiro atoms. The van der Waals surface area contributed by atoms with Crippen molar-refractivity contribution in [1.82, 2.24) is 10.3 Å². The van der Waals surface area contributed by atoms with Gasteiger partial charge in [-0.05, 0) is 30.7 Å². The number of nitrogens with zero attached hydrogens (tertiary/aromatic N) is 2. The number of carbonyl (C=O) groups is 1. The third kappa shape index (κ3) is 4.02. The monoisotopic (exact) mass is 372 g/mol. The predicted octanol–water partition coefficient (Wildman–Crippen LogP) is 1.19. The smallest absolute Gasteiger partial charge is 0.257 e. The van der Waals surface area contributed by atoms with Crippen molar-refractivity contribution in [3.8, 4) is 0 Å². The first-order chi connectivity index (χ1) is 12.5. The molecule has 3 N–H and O–H groups in total. The minimum absolute atomic E-state index is 0.0587. The minimum atomic E-state index is -3.41. The summed E-state index contributed by atoms with van der Waals surface area (Å²) in [5.74, 6) is -0.420. The number of guanidine groups is 1. The lowest BCUT2D eigenvalue weighted by molar-refractivity contribution is 0.0976. The van der Waals surface area contributed by atoms with Crippen LogP contribution in [0.25, 0.3) is 0 Å². The van der Waals surface area contributed by atoms with Gasteiger partial charge in [-0.15, -0.1) is 5.10 Å². The molecule has 0 bridgehead atoms. The summed E-state index contributed by atoms with van der Waals surface area (Å²) in [4.78, 5) is 12.4. The molecule has 0 radical (unpaired) electrons. The van der Waals surface area contributed by atoms with E-state index in [1.807, 2.05) is 6.07 Å². The summed E-state index contributed by atoms with van der Waals surface area (Å²) < 4.78 is 25.3. The first-order valence-electron chi connectivity index (χ1n) is 8.21. The molecule has 1 aliphatic heterocycles. The first-order valence-corrected chi connectivity index (χ1v) is 9.76. The molecule has 1 atom stereocenters. The van der Waals surface area contributed by atoms with Crippen LogP contribution in [0.2, 0.25) is 0 Å². The van der Waals surface area contributed by atoms with Crippen molar-refractivity contribution in [2.24, 2.45) is 10.8 Å². The molecular weight excluding hydrogens is 352 g/mol. The number of benzene rings is 2. The molecule has 0 aromatic heterocycles. The highest BCUT2D eigenvalue weighted by molar-refractivity contribution is 7.92. The van der Waals surface area contributed by atoms with Gasteiger partial charge in [0.1, 0.15) is 0 Å². The van der Waals surface area contributed by atoms with Crippen molar-refractivity contribution in [3.05, 3.63) is 66.2 Å². The van der Waals surface area contributed by atoms with Gasteiger partial charge in [-0.25, -0.2) is 8.42 Å². The molecule has 2 aromatic rings. The van der Waals surface area contributed by atoms with Gasteiger partial charge in [-0.3, -0.25) is 15.1 Å². The largest absolute Gasteiger partial charge is 0.368 e. The Morgan fingerprint density at radius 2 is 1.69 bits per heavy atom. The lowest BCUT2D eigenvalue weighted by Crippen LogP contribution is -2.39. The molecule has 136 valence electrons. The van der Waals surface area contributed by atoms with E-state index < -0.39 is 15.1 Å². The van der Waals surface area contributed by atoms with Gasteiger partial charge in [0.05, 0.1) is 16.7 Å². The predicted molar refractivity (Wildman–Crippen MR) is 99.1 cm³/mol. The molecular formula is C18H20N4O3S. The fourth-order valence-electron chi connectivity index (χ4n) is 2.81. The van der Waals surface area contributed by atoms with Crippen LogP contribution in [-0.4, -0.2) is 43.6 Å². The zero-order valence-corrected chi connectivity index (χ0v) is 14.9. The van der Waals surface area contributed by atoms with E-state index in [0.717, 1.165) is 0 Å². The Bertz CT molecular complexity index is 899. The van der Waals surface area contributed by atoms with Gasteiger partial charge in [0.15, 0.2) is 9.84 Å². The Morgan fingerprint density at radius 3 is 2.35 bits per heavy atom. The Kier molecular flexibility index (Phi) is 5.22. The molecule has 0 aliphatic carbocycles. The second kappa shape index (κ2) is 7.57. The van der Waals surface area contributed by atoms with Gasteiger partial charge >= 0.3 is 0 Å². The zero-order valence-electron chi connectivity index (χ0n) is 14.1. The van der Waals surface area contributed by atoms with E-state index >= 15 is 0 Å². The number of hydrazone groups is 1. The van der Waals surface area contributed by atoms with Gasteiger partial charge < -0.3 is 5.73 Å². The molecule has 3 rings (SSSR count). The van der Waals surface area contributed by atoms with E-state index in [9.17, 15) is 13.2 Å². The highest BCUT2D eigenvalue weighted by atomic mass is 32.2. The molecule has 1 saturated heterocycles. The van der Waals surface area contributed by atoms with Crippen molar-refractivity contribution < 1.29 is 13.2 Å². The third-order valence-electron chi connectivity index (χ3n) is 4.16. The lowest BCUT2D eigenvalue weighted by atomic mass is 10.2. The summed E-state index contributed by atoms with van der Waals surface area (Å²) in [6, 6.07) is 17.0. The standard InChI is InChI=1S/C18H20N4O3S/c19-18(20-17(23)14-7-3-1-4-8-14)21-22-12-11-16(13-22)26(24,25)15-9-5-2-6-10-15/h1-10,16H,11-13H2,(H3,19,20,21,23). The second-order valence-corrected chi connectivity index (χ2v) is 8.21. The molecule has 1 heterocycles. The molecule has 8 heteroatoms. The van der Waals surface area contributed by atoms with Crippen LogP contribution in [0.5, 0.6) is 0 Å². The summed E-state index contributed by atoms with van der Waals surface area (Å²) in [6.45, 7) is 0.692. The number of rotatable bonds is 4. The SMILES string of the molecule is NC(=NN1CCC(S(=O)(=O)c2ccccc2)C1)NC(=O)c1ccccc1. The quantitative estimate of drug-likeness (QED) is 0.620. The normalized spacial score (nSPS) is 17.9. The second-order valence-electron chi connectivity index (χ2n) is 5.99. The number of nitrogens with one attached hydrogen (secondary N) is 1. The molecule has 1 fully saturated rings. The van der Waals surface area contributed by atoms with E-state index in [1.165, 1.54) is 0 Å². The maximum Gasteiger partial charge on any atom is 0.257 e. The number of hydrogen-bond acceptors (Lipinski definition) is 5. The highest BCUT2D eigenvalue weighted by Gasteiger charge is 2.34. The Balaban J connectivity index is 1.63. The van der Waals surface area contributed by atoms with Crippen molar-refractivity contribution in [2.75, 3.05) is 13.1 Å². The van der Waals surface area contributed by atoms with Crippen molar-refractivity contribution >= 4 is 21.7 Å². The average molecular weight is 372 g/mol. The van der Waals surface area contributed by atoms with Gasteiger partial charge in [0.25, 0.3) is 5.91 Å². The van der Waals surface area contributed by atoms with Crippen molar-refractivity contribution in [2.45, 2.75) is 16.6 Å². The number of sulfone groups is 1. The van der Waals surface area contributed by atoms with Crippen molar-refractivity contribution in [3.63, 3.8) is 0 Å². The topological polar surface area (TPSA) is 105 Å². The van der Waals surface area contributed by atoms with Crippen LogP contribution >= 0.6 is 0 Å². The van der Waals surface area contributed by atoms with E-state index in [4.69, 9.17) is 5.73 Å². The molecule has 1 amide bonds. The number of hydrogen-bond donors (Lipinski definition) is 2. The maximum atomic E-state index is 12.7. The molecule has 26 heavy (non-hydrogen) atoms. The fourth-order valence-corrected chi connectivity index (χ4v) is 4.52. The summed E-state index contributed by atoms with van der Waals surface area (Å²) in [7, 11) is -3.41. The van der Waals surface area contributed by atoms with Crippen LogP contribution in [0.15, 0.2) is 70.7 Å². The van der Waals surface area contributed by atoms with E-state index in [0.29, 0.717) is 23.4 Å². The molecule has 0 saturated carbocycles. The van der Waals surface area contributed by atoms with E-state index in [2.05, 4.69) is 10.4 Å². The van der Waals surface area contributed by atoms with E-state index in [1.54, 1.807) is 59.6 Å². The molecule has 1 unspecified atom stereocenters. The highest BCUT2D eigenvalue weighted by Crippen LogP contribution is 2.23. The fraction of sp³-hybridized carbons (Fsp3) is 0.222. The van der Waals surface area contributed by atoms with Crippen LogP contribution in [0.3, 0.4) is 0 Å². The van der Waals surface area contributed by atoms with Crippen LogP contribution in [0.1, 0.15) is 16.8 Å². The summed E-state index contributed by atoms with van der Waals surface area (Å²) in [5, 5.41) is 7.66. The Hall–Kier alpha value is -2.87. The molecule has 2 aromatic carbocycles. The zero-order chi connectivity index (χ0) is 18.6. The minimum Gasteiger partial charge on any atom is -0.368 e. The molecule has 1 aliphatic rings. The van der Waals surface area contributed by atoms with Gasteiger partial charge in [0, 0.05) is 12.1 Å². The van der Waals surface area contributed by atoms with Crippen LogP contribution < -0.4 is 11.1 Å². The van der Waals surface area contributed by atoms with Crippen molar-refractivity contribution in [1.29, 1.82) is 0 Å². The maximum absolute atomic E-state index is 12.7. The van der Waals surface area contributed by atoms with Gasteiger partial charge in [0.2, 0.25) is 5.96 Å². The molecule has 7 nitrogen and oxygen atoms in total. The Labute approximate surface area is 152 Å². The van der Waals surface area contributed by atoms with E-state index in [-0.39, 0.29) is 18.4 Å². The third-order valence-corrected chi connectivity index (χ3v) is 6.35. The Morgan fingerprint density at radius 1 is 1.08 bits per heavy atom. The lowest BCUT2D eigenvalue weighted by Gasteiger charge is -2.14. The number of nitrogens with two attached hydrogens (primary N) is 1. The van der Waals surface area contributed by atoms with Crippen LogP contribution in [0, 0.1) is 0 Å². The summed E-state index contributed by atoms with van der Waals surface area (Å²) in [5.41, 5.74) is 6.25. The average Bonchev–Trinajstić information content (AvgIpc) is 3.12. The first kappa shape index (κ1) is 17.9. The number of amides is 1. The van der Waals surface area contributed by atoms with Crippen LogP contribution in [0.4, 0.5) is 0 Å². The summed E-state index contributed by atoms with van der Waals surface area (Å²) >= 11 is 0. The number of carbonyl (C=O) groups excluding carboxylic acids is 1. The summed E-state index contributed by atoms with van der Waals surface area (Å²) in [6.07, 6.45) is 0.459. The van der Waals surface area contributed by atoms with Gasteiger partial charge in [-0.2, -0.15) is 0 Å².